The van der Waals surface area contributed by atoms with Gasteiger partial charge in [-0.2, -0.15) is 0 Å². The molecule has 0 radical (unpaired) electrons. The van der Waals surface area contributed by atoms with Gasteiger partial charge >= 0.3 is 5.97 Å². The zero-order chi connectivity index (χ0) is 24.9. The molecule has 4 heterocycles. The summed E-state index contributed by atoms with van der Waals surface area (Å²) in [6.45, 7) is 2.29. The number of hydrogen-bond acceptors (Lipinski definition) is 7. The lowest BCUT2D eigenvalue weighted by molar-refractivity contribution is -0.172. The second-order valence-corrected chi connectivity index (χ2v) is 9.04. The summed E-state index contributed by atoms with van der Waals surface area (Å²) in [6, 6.07) is 19.3. The first-order chi connectivity index (χ1) is 17.5. The van der Waals surface area contributed by atoms with Crippen molar-refractivity contribution in [3.63, 3.8) is 0 Å². The summed E-state index contributed by atoms with van der Waals surface area (Å²) < 4.78 is 6.76. The lowest BCUT2D eigenvalue weighted by atomic mass is 9.86. The predicted octanol–water partition coefficient (Wildman–Crippen LogP) is 3.63. The lowest BCUT2D eigenvalue weighted by Gasteiger charge is -2.31. The van der Waals surface area contributed by atoms with E-state index in [0.717, 1.165) is 27.6 Å². The third kappa shape index (κ3) is 3.49. The zero-order valence-electron chi connectivity index (χ0n) is 19.6. The standard InChI is InChI=1S/C28H23N3O5/c1-2-28(34)22-12-24-25-20(14-31(24)26(32)21(22)16-35-27(28)33)11-19-10-18(8-9-23(19)30-25)13-29-36-15-17-6-4-3-5-7-17/h3-13,34H,2,14-16H2,1H3/b29-13+/t28-/m0/s1. The van der Waals surface area contributed by atoms with E-state index in [-0.39, 0.29) is 18.6 Å². The molecule has 0 bridgehead atoms. The van der Waals surface area contributed by atoms with Crippen molar-refractivity contribution >= 4 is 23.1 Å². The normalized spacial score (nSPS) is 18.1. The number of benzene rings is 2. The topological polar surface area (TPSA) is 103 Å². The Labute approximate surface area is 206 Å². The van der Waals surface area contributed by atoms with Gasteiger partial charge in [0.2, 0.25) is 0 Å². The fraction of sp³-hybridized carbons (Fsp3) is 0.214. The average molecular weight is 482 g/mol. The van der Waals surface area contributed by atoms with Crippen LogP contribution >= 0.6 is 0 Å². The molecule has 1 atom stereocenters. The number of oxime groups is 1. The Bertz CT molecular complexity index is 1610. The summed E-state index contributed by atoms with van der Waals surface area (Å²) >= 11 is 0. The first kappa shape index (κ1) is 22.2. The Hall–Kier alpha value is -4.30. The monoisotopic (exact) mass is 481 g/mol. The molecular weight excluding hydrogens is 458 g/mol. The van der Waals surface area contributed by atoms with Gasteiger partial charge in [-0.15, -0.1) is 0 Å². The second-order valence-electron chi connectivity index (χ2n) is 9.04. The average Bonchev–Trinajstić information content (AvgIpc) is 3.26. The van der Waals surface area contributed by atoms with Crippen molar-refractivity contribution in [3.8, 4) is 11.4 Å². The SMILES string of the molecule is CC[C@@]1(O)C(=O)OCc2c1cc1n(c2=O)Cc2cc3cc(/C=N/OCc4ccccc4)ccc3nc2-1. The van der Waals surface area contributed by atoms with Crippen LogP contribution in [0.15, 0.2) is 70.6 Å². The van der Waals surface area contributed by atoms with Crippen molar-refractivity contribution in [3.05, 3.63) is 98.8 Å². The van der Waals surface area contributed by atoms with Crippen molar-refractivity contribution in [1.82, 2.24) is 9.55 Å². The van der Waals surface area contributed by atoms with E-state index < -0.39 is 11.6 Å². The molecule has 36 heavy (non-hydrogen) atoms. The Balaban J connectivity index is 1.33. The minimum Gasteiger partial charge on any atom is -0.458 e. The van der Waals surface area contributed by atoms with Gasteiger partial charge in [0.05, 0.1) is 35.2 Å². The highest BCUT2D eigenvalue weighted by Gasteiger charge is 2.45. The van der Waals surface area contributed by atoms with E-state index in [4.69, 9.17) is 14.6 Å². The lowest BCUT2D eigenvalue weighted by Crippen LogP contribution is -2.44. The minimum absolute atomic E-state index is 0.110. The van der Waals surface area contributed by atoms with Crippen LogP contribution < -0.4 is 5.56 Å². The van der Waals surface area contributed by atoms with Crippen LogP contribution in [0.1, 0.15) is 41.2 Å². The van der Waals surface area contributed by atoms with E-state index in [9.17, 15) is 14.7 Å². The molecule has 2 aliphatic heterocycles. The summed E-state index contributed by atoms with van der Waals surface area (Å²) in [6.07, 6.45) is 1.77. The molecule has 4 aromatic rings. The molecule has 0 unspecified atom stereocenters. The number of esters is 1. The van der Waals surface area contributed by atoms with Gasteiger partial charge in [0, 0.05) is 16.5 Å². The summed E-state index contributed by atoms with van der Waals surface area (Å²) in [5, 5.41) is 16.0. The van der Waals surface area contributed by atoms with Crippen molar-refractivity contribution in [1.29, 1.82) is 0 Å². The number of aromatic nitrogens is 2. The molecule has 2 aliphatic rings. The summed E-state index contributed by atoms with van der Waals surface area (Å²) in [5.74, 6) is -0.728. The highest BCUT2D eigenvalue weighted by Crippen LogP contribution is 2.38. The van der Waals surface area contributed by atoms with E-state index in [1.54, 1.807) is 23.8 Å². The van der Waals surface area contributed by atoms with Crippen molar-refractivity contribution < 1.29 is 19.5 Å². The van der Waals surface area contributed by atoms with E-state index >= 15 is 0 Å². The zero-order valence-corrected chi connectivity index (χ0v) is 19.6. The minimum atomic E-state index is -1.83. The number of aliphatic hydroxyl groups is 1. The predicted molar refractivity (Wildman–Crippen MR) is 133 cm³/mol. The van der Waals surface area contributed by atoms with Crippen molar-refractivity contribution in [2.75, 3.05) is 0 Å². The molecule has 6 rings (SSSR count). The molecule has 2 aromatic heterocycles. The number of pyridine rings is 2. The van der Waals surface area contributed by atoms with E-state index in [2.05, 4.69) is 5.16 Å². The van der Waals surface area contributed by atoms with Gasteiger partial charge in [-0.3, -0.25) is 4.79 Å². The van der Waals surface area contributed by atoms with Crippen molar-refractivity contribution in [2.45, 2.75) is 38.7 Å². The molecule has 0 amide bonds. The van der Waals surface area contributed by atoms with Crippen LogP contribution in [0.5, 0.6) is 0 Å². The summed E-state index contributed by atoms with van der Waals surface area (Å²) in [7, 11) is 0. The van der Waals surface area contributed by atoms with Crippen molar-refractivity contribution in [2.24, 2.45) is 5.16 Å². The first-order valence-electron chi connectivity index (χ1n) is 11.8. The van der Waals surface area contributed by atoms with Gasteiger partial charge < -0.3 is 19.2 Å². The van der Waals surface area contributed by atoms with Gasteiger partial charge in [0.1, 0.15) is 13.2 Å². The molecule has 8 nitrogen and oxygen atoms in total. The molecule has 8 heteroatoms. The van der Waals surface area contributed by atoms with Crippen LogP contribution in [-0.4, -0.2) is 26.8 Å². The first-order valence-corrected chi connectivity index (χ1v) is 11.8. The van der Waals surface area contributed by atoms with E-state index in [0.29, 0.717) is 35.7 Å². The van der Waals surface area contributed by atoms with E-state index in [1.807, 2.05) is 54.6 Å². The Morgan fingerprint density at radius 3 is 2.81 bits per heavy atom. The highest BCUT2D eigenvalue weighted by molar-refractivity contribution is 5.91. The number of carbonyl (C=O) groups excluding carboxylic acids is 1. The Kier molecular flexibility index (Phi) is 5.19. The third-order valence-electron chi connectivity index (χ3n) is 6.88. The van der Waals surface area contributed by atoms with Gasteiger partial charge in [0.25, 0.3) is 5.56 Å². The fourth-order valence-corrected chi connectivity index (χ4v) is 4.87. The number of cyclic esters (lactones) is 1. The molecule has 0 saturated carbocycles. The van der Waals surface area contributed by atoms with Gasteiger partial charge in [-0.05, 0) is 41.8 Å². The maximum Gasteiger partial charge on any atom is 0.343 e. The molecule has 2 aromatic carbocycles. The summed E-state index contributed by atoms with van der Waals surface area (Å²) in [5.41, 5.74) is 3.35. The maximum atomic E-state index is 13.3. The quantitative estimate of drug-likeness (QED) is 0.234. The highest BCUT2D eigenvalue weighted by atomic mass is 16.6. The number of fused-ring (bicyclic) bond motifs is 5. The van der Waals surface area contributed by atoms with Gasteiger partial charge in [-0.25, -0.2) is 9.78 Å². The third-order valence-corrected chi connectivity index (χ3v) is 6.88. The van der Waals surface area contributed by atoms with Crippen LogP contribution in [0.2, 0.25) is 0 Å². The molecule has 180 valence electrons. The molecule has 0 saturated heterocycles. The molecule has 0 aliphatic carbocycles. The van der Waals surface area contributed by atoms with Gasteiger partial charge in [0.15, 0.2) is 5.60 Å². The van der Waals surface area contributed by atoms with Crippen LogP contribution in [0, 0.1) is 0 Å². The van der Waals surface area contributed by atoms with Crippen LogP contribution in [0.4, 0.5) is 0 Å². The summed E-state index contributed by atoms with van der Waals surface area (Å²) in [4.78, 5) is 35.8. The van der Waals surface area contributed by atoms with Gasteiger partial charge in [-0.1, -0.05) is 48.5 Å². The second kappa shape index (κ2) is 8.42. The molecule has 1 N–H and O–H groups in total. The number of rotatable bonds is 5. The smallest absolute Gasteiger partial charge is 0.343 e. The largest absolute Gasteiger partial charge is 0.458 e. The molecular formula is C28H23N3O5. The maximum absolute atomic E-state index is 13.3. The van der Waals surface area contributed by atoms with Crippen LogP contribution in [0.3, 0.4) is 0 Å². The number of nitrogens with zero attached hydrogens (tertiary/aromatic N) is 3. The van der Waals surface area contributed by atoms with Crippen LogP contribution in [0.25, 0.3) is 22.3 Å². The Morgan fingerprint density at radius 1 is 1.17 bits per heavy atom. The molecule has 0 spiro atoms. The number of carbonyl (C=O) groups is 1. The number of hydrogen-bond donors (Lipinski definition) is 1. The van der Waals surface area contributed by atoms with E-state index in [1.165, 1.54) is 0 Å². The van der Waals surface area contributed by atoms with Crippen LogP contribution in [-0.2, 0) is 39.7 Å². The number of ether oxygens (including phenoxy) is 1. The molecule has 0 fully saturated rings. The fourth-order valence-electron chi connectivity index (χ4n) is 4.87. The Morgan fingerprint density at radius 2 is 2.00 bits per heavy atom.